The molecule has 0 bridgehead atoms. The molecule has 3 nitrogen and oxygen atoms in total. The van der Waals surface area contributed by atoms with Gasteiger partial charge in [-0.3, -0.25) is 4.90 Å². The Morgan fingerprint density at radius 1 is 1.55 bits per heavy atom. The largest absolute Gasteiger partial charge is 0.389 e. The molecule has 1 aliphatic heterocycles. The van der Waals surface area contributed by atoms with Gasteiger partial charge in [-0.05, 0) is 13.8 Å². The minimum atomic E-state index is -0.822. The fourth-order valence-electron chi connectivity index (χ4n) is 1.24. The molecule has 1 unspecified atom stereocenters. The van der Waals surface area contributed by atoms with Crippen molar-refractivity contribution < 1.29 is 9.84 Å². The van der Waals surface area contributed by atoms with E-state index in [9.17, 15) is 5.11 Å². The third kappa shape index (κ3) is 3.70. The quantitative estimate of drug-likeness (QED) is 0.609. The maximum Gasteiger partial charge on any atom is 0.0747 e. The van der Waals surface area contributed by atoms with Crippen LogP contribution >= 0.6 is 0 Å². The van der Waals surface area contributed by atoms with Crippen LogP contribution in [0.25, 0.3) is 0 Å². The van der Waals surface area contributed by atoms with Gasteiger partial charge < -0.3 is 9.84 Å². The highest BCUT2D eigenvalue weighted by Gasteiger charge is 2.19. The Morgan fingerprint density at radius 3 is 2.55 bits per heavy atom. The summed E-state index contributed by atoms with van der Waals surface area (Å²) in [6.07, 6.45) is 0. The first kappa shape index (κ1) is 8.97. The highest BCUT2D eigenvalue weighted by molar-refractivity contribution is 4.80. The zero-order valence-corrected chi connectivity index (χ0v) is 7.05. The molecule has 1 rings (SSSR count). The van der Waals surface area contributed by atoms with E-state index >= 15 is 0 Å². The Balaban J connectivity index is 2.24. The van der Waals surface area contributed by atoms with Gasteiger partial charge in [0.15, 0.2) is 0 Å². The minimum Gasteiger partial charge on any atom is -0.389 e. The van der Waals surface area contributed by atoms with Gasteiger partial charge in [-0.15, -0.1) is 0 Å². The molecule has 0 aromatic rings. The first-order valence-electron chi connectivity index (χ1n) is 3.96. The van der Waals surface area contributed by atoms with Gasteiger partial charge in [0, 0.05) is 19.6 Å². The lowest BCUT2D eigenvalue weighted by Gasteiger charge is -2.31. The van der Waals surface area contributed by atoms with Crippen LogP contribution in [0.1, 0.15) is 6.92 Å². The summed E-state index contributed by atoms with van der Waals surface area (Å²) in [5.74, 6) is 0. The topological polar surface area (TPSA) is 32.7 Å². The van der Waals surface area contributed by atoms with Crippen LogP contribution in [0.4, 0.5) is 0 Å². The van der Waals surface area contributed by atoms with Gasteiger partial charge >= 0.3 is 0 Å². The molecular formula is C8H16NO2. The van der Waals surface area contributed by atoms with Crippen LogP contribution in [0.15, 0.2) is 0 Å². The molecule has 3 heteroatoms. The molecule has 0 amide bonds. The van der Waals surface area contributed by atoms with Crippen LogP contribution < -0.4 is 0 Å². The molecule has 1 aliphatic rings. The number of rotatable bonds is 2. The van der Waals surface area contributed by atoms with Crippen molar-refractivity contribution in [2.45, 2.75) is 12.5 Å². The van der Waals surface area contributed by atoms with E-state index in [0.717, 1.165) is 26.3 Å². The Hall–Kier alpha value is -0.120. The van der Waals surface area contributed by atoms with Gasteiger partial charge in [0.05, 0.1) is 18.8 Å². The zero-order valence-electron chi connectivity index (χ0n) is 7.05. The summed E-state index contributed by atoms with van der Waals surface area (Å²) >= 11 is 0. The van der Waals surface area contributed by atoms with Crippen molar-refractivity contribution in [2.75, 3.05) is 32.8 Å². The van der Waals surface area contributed by atoms with E-state index in [1.54, 1.807) is 6.92 Å². The second kappa shape index (κ2) is 3.52. The van der Waals surface area contributed by atoms with Crippen molar-refractivity contribution >= 4 is 0 Å². The molecule has 1 heterocycles. The fraction of sp³-hybridized carbons (Fsp3) is 0.875. The van der Waals surface area contributed by atoms with Gasteiger partial charge in [0.2, 0.25) is 0 Å². The molecule has 1 fully saturated rings. The van der Waals surface area contributed by atoms with E-state index in [2.05, 4.69) is 11.8 Å². The molecule has 0 aliphatic carbocycles. The Kier molecular flexibility index (Phi) is 2.87. The summed E-state index contributed by atoms with van der Waals surface area (Å²) in [6.45, 7) is 9.36. The van der Waals surface area contributed by atoms with Crippen LogP contribution in [0.2, 0.25) is 0 Å². The predicted molar refractivity (Wildman–Crippen MR) is 43.2 cm³/mol. The second-order valence-electron chi connectivity index (χ2n) is 3.39. The third-order valence-corrected chi connectivity index (χ3v) is 1.67. The van der Waals surface area contributed by atoms with Crippen molar-refractivity contribution in [1.82, 2.24) is 4.90 Å². The lowest BCUT2D eigenvalue weighted by molar-refractivity contribution is -0.00346. The van der Waals surface area contributed by atoms with Crippen molar-refractivity contribution in [1.29, 1.82) is 0 Å². The standard InChI is InChI=1S/C8H16NO2/c1-8(2,10)7-9-3-5-11-6-4-9/h10H,1,3-7H2,2H3. The number of ether oxygens (including phenoxy) is 1. The van der Waals surface area contributed by atoms with E-state index < -0.39 is 5.60 Å². The Labute approximate surface area is 68.0 Å². The summed E-state index contributed by atoms with van der Waals surface area (Å²) in [6, 6.07) is 0. The molecule has 0 aromatic carbocycles. The van der Waals surface area contributed by atoms with Crippen LogP contribution in [0, 0.1) is 6.92 Å². The van der Waals surface area contributed by atoms with Crippen molar-refractivity contribution in [3.05, 3.63) is 6.92 Å². The fourth-order valence-corrected chi connectivity index (χ4v) is 1.24. The summed E-state index contributed by atoms with van der Waals surface area (Å²) in [7, 11) is 0. The zero-order chi connectivity index (χ0) is 8.32. The highest BCUT2D eigenvalue weighted by atomic mass is 16.5. The lowest BCUT2D eigenvalue weighted by Crippen LogP contribution is -2.44. The number of aliphatic hydroxyl groups is 1. The van der Waals surface area contributed by atoms with E-state index in [0.29, 0.717) is 6.54 Å². The number of β-amino-alcohol motifs (C(OH)–C–C–N with tert-alkyl or cyclic N) is 1. The number of morpholine rings is 1. The number of hydrogen-bond acceptors (Lipinski definition) is 3. The average Bonchev–Trinajstić information content (AvgIpc) is 1.85. The SMILES string of the molecule is [CH2]C(C)(O)CN1CCOCC1. The van der Waals surface area contributed by atoms with Crippen LogP contribution in [0.3, 0.4) is 0 Å². The minimum absolute atomic E-state index is 0.635. The molecule has 1 N–H and O–H groups in total. The van der Waals surface area contributed by atoms with Crippen molar-refractivity contribution in [3.8, 4) is 0 Å². The van der Waals surface area contributed by atoms with E-state index in [1.165, 1.54) is 0 Å². The highest BCUT2D eigenvalue weighted by Crippen LogP contribution is 2.05. The second-order valence-corrected chi connectivity index (χ2v) is 3.39. The Bertz CT molecular complexity index is 114. The van der Waals surface area contributed by atoms with Crippen LogP contribution in [0.5, 0.6) is 0 Å². The number of nitrogens with zero attached hydrogens (tertiary/aromatic N) is 1. The van der Waals surface area contributed by atoms with Gasteiger partial charge in [-0.1, -0.05) is 0 Å². The molecular weight excluding hydrogens is 142 g/mol. The monoisotopic (exact) mass is 158 g/mol. The summed E-state index contributed by atoms with van der Waals surface area (Å²) in [5.41, 5.74) is -0.822. The van der Waals surface area contributed by atoms with E-state index in [1.807, 2.05) is 0 Å². The van der Waals surface area contributed by atoms with Crippen molar-refractivity contribution in [2.24, 2.45) is 0 Å². The van der Waals surface area contributed by atoms with E-state index in [-0.39, 0.29) is 0 Å². The smallest absolute Gasteiger partial charge is 0.0747 e. The molecule has 0 saturated carbocycles. The molecule has 65 valence electrons. The number of hydrogen-bond donors (Lipinski definition) is 1. The Morgan fingerprint density at radius 2 is 2.09 bits per heavy atom. The van der Waals surface area contributed by atoms with Gasteiger partial charge in [0.1, 0.15) is 0 Å². The molecule has 1 atom stereocenters. The summed E-state index contributed by atoms with van der Waals surface area (Å²) < 4.78 is 5.17. The molecule has 1 radical (unpaired) electrons. The van der Waals surface area contributed by atoms with Crippen LogP contribution in [-0.2, 0) is 4.74 Å². The molecule has 11 heavy (non-hydrogen) atoms. The first-order valence-corrected chi connectivity index (χ1v) is 3.96. The van der Waals surface area contributed by atoms with Crippen LogP contribution in [-0.4, -0.2) is 48.5 Å². The maximum atomic E-state index is 9.38. The van der Waals surface area contributed by atoms with Gasteiger partial charge in [-0.2, -0.15) is 0 Å². The third-order valence-electron chi connectivity index (χ3n) is 1.67. The van der Waals surface area contributed by atoms with E-state index in [4.69, 9.17) is 4.74 Å². The summed E-state index contributed by atoms with van der Waals surface area (Å²) in [4.78, 5) is 2.16. The molecule has 0 aromatic heterocycles. The van der Waals surface area contributed by atoms with Gasteiger partial charge in [-0.25, -0.2) is 0 Å². The molecule has 1 saturated heterocycles. The average molecular weight is 158 g/mol. The normalized spacial score (nSPS) is 22.1. The van der Waals surface area contributed by atoms with Gasteiger partial charge in [0.25, 0.3) is 0 Å². The lowest BCUT2D eigenvalue weighted by atomic mass is 10.1. The predicted octanol–water partition coefficient (Wildman–Crippen LogP) is -0.0963. The maximum absolute atomic E-state index is 9.38. The molecule has 0 spiro atoms. The first-order chi connectivity index (χ1) is 5.08. The van der Waals surface area contributed by atoms with Crippen molar-refractivity contribution in [3.63, 3.8) is 0 Å². The summed E-state index contributed by atoms with van der Waals surface area (Å²) in [5, 5.41) is 9.38.